The molecule has 9 aromatic rings. The monoisotopic (exact) mass is 818 g/mol. The summed E-state index contributed by atoms with van der Waals surface area (Å²) in [7, 11) is 10.8. The SMILES string of the molecule is CCc1cc2c(-c3cccc4ccccc34)cccc2[cH-]1.CCc1cc2c(-c3cccc4ccccc34)cccc2[cH-]1.C[Si]c1ccccc1.[Cl][Zr+2][Cl]. The average Bonchev–Trinajstić information content (AvgIpc) is 3.86. The van der Waals surface area contributed by atoms with E-state index >= 15 is 0 Å². The molecule has 0 saturated heterocycles. The van der Waals surface area contributed by atoms with Gasteiger partial charge in [0.05, 0.1) is 9.52 Å². The van der Waals surface area contributed by atoms with Gasteiger partial charge in [-0.25, -0.2) is 0 Å². The van der Waals surface area contributed by atoms with Crippen LogP contribution in [0.2, 0.25) is 6.55 Å². The fourth-order valence-corrected chi connectivity index (χ4v) is 7.52. The molecule has 0 amide bonds. The fraction of sp³-hybridized carbons (Fsp3) is 0.102. The summed E-state index contributed by atoms with van der Waals surface area (Å²) < 4.78 is 0. The van der Waals surface area contributed by atoms with E-state index in [1.165, 1.54) is 81.7 Å². The number of hydrogen-bond acceptors (Lipinski definition) is 0. The summed E-state index contributed by atoms with van der Waals surface area (Å²) >= 11 is -0.826. The molecule has 53 heavy (non-hydrogen) atoms. The van der Waals surface area contributed by atoms with Crippen LogP contribution in [0.25, 0.3) is 65.3 Å². The second-order valence-electron chi connectivity index (χ2n) is 12.8. The molecule has 0 N–H and O–H groups in total. The molecule has 0 nitrogen and oxygen atoms in total. The zero-order chi connectivity index (χ0) is 37.0. The van der Waals surface area contributed by atoms with Crippen LogP contribution in [0, 0.1) is 0 Å². The molecule has 0 fully saturated rings. The molecule has 0 aromatic heterocycles. The van der Waals surface area contributed by atoms with E-state index in [2.05, 4.69) is 190 Å². The third kappa shape index (κ3) is 9.37. The Kier molecular flexibility index (Phi) is 14.1. The van der Waals surface area contributed by atoms with E-state index in [9.17, 15) is 0 Å². The molecule has 0 aliphatic rings. The van der Waals surface area contributed by atoms with Gasteiger partial charge in [-0.3, -0.25) is 0 Å². The molecule has 9 aromatic carbocycles. The Labute approximate surface area is 335 Å². The molecule has 260 valence electrons. The summed E-state index contributed by atoms with van der Waals surface area (Å²) in [5.74, 6) is 0. The van der Waals surface area contributed by atoms with Gasteiger partial charge in [-0.2, -0.15) is 12.1 Å². The van der Waals surface area contributed by atoms with Gasteiger partial charge in [-0.1, -0.05) is 164 Å². The van der Waals surface area contributed by atoms with Crippen molar-refractivity contribution in [2.45, 2.75) is 33.2 Å². The van der Waals surface area contributed by atoms with E-state index in [0.29, 0.717) is 0 Å². The second-order valence-corrected chi connectivity index (χ2v) is 17.6. The minimum absolute atomic E-state index is 0.826. The Hall–Kier alpha value is -4.04. The van der Waals surface area contributed by atoms with Crippen LogP contribution >= 0.6 is 17.0 Å². The molecular formula is C49H42Cl2SiZr. The van der Waals surface area contributed by atoms with Crippen LogP contribution in [0.15, 0.2) is 176 Å². The van der Waals surface area contributed by atoms with E-state index in [0.717, 1.165) is 22.4 Å². The van der Waals surface area contributed by atoms with Crippen molar-refractivity contribution in [3.8, 4) is 22.3 Å². The summed E-state index contributed by atoms with van der Waals surface area (Å²) in [6, 6.07) is 63.4. The molecule has 9 rings (SSSR count). The summed E-state index contributed by atoms with van der Waals surface area (Å²) in [6.45, 7) is 6.62. The molecule has 0 aliphatic carbocycles. The van der Waals surface area contributed by atoms with Gasteiger partial charge in [-0.15, -0.1) is 69.1 Å². The van der Waals surface area contributed by atoms with E-state index in [-0.39, 0.29) is 0 Å². The molecule has 0 bridgehead atoms. The maximum absolute atomic E-state index is 4.93. The van der Waals surface area contributed by atoms with Crippen molar-refractivity contribution in [3.63, 3.8) is 0 Å². The van der Waals surface area contributed by atoms with Crippen molar-refractivity contribution in [3.05, 3.63) is 187 Å². The van der Waals surface area contributed by atoms with Gasteiger partial charge in [0.25, 0.3) is 0 Å². The van der Waals surface area contributed by atoms with Crippen LogP contribution in [0.3, 0.4) is 0 Å². The van der Waals surface area contributed by atoms with Gasteiger partial charge in [0.15, 0.2) is 0 Å². The van der Waals surface area contributed by atoms with Crippen LogP contribution < -0.4 is 5.19 Å². The van der Waals surface area contributed by atoms with Crippen LogP contribution in [0.5, 0.6) is 0 Å². The first kappa shape index (κ1) is 38.7. The van der Waals surface area contributed by atoms with Gasteiger partial charge in [0, 0.05) is 0 Å². The van der Waals surface area contributed by atoms with Crippen molar-refractivity contribution < 1.29 is 20.8 Å². The topological polar surface area (TPSA) is 0 Å². The number of hydrogen-bond donors (Lipinski definition) is 0. The summed E-state index contributed by atoms with van der Waals surface area (Å²) in [4.78, 5) is 0. The predicted octanol–water partition coefficient (Wildman–Crippen LogP) is 14.3. The van der Waals surface area contributed by atoms with E-state index in [1.54, 1.807) is 0 Å². The van der Waals surface area contributed by atoms with Crippen LogP contribution in [-0.4, -0.2) is 9.52 Å². The first-order valence-corrected chi connectivity index (χ1v) is 25.9. The molecule has 0 aliphatic heterocycles. The molecular weight excluding hydrogens is 779 g/mol. The average molecular weight is 821 g/mol. The molecule has 0 atom stereocenters. The first-order valence-electron chi connectivity index (χ1n) is 18.1. The van der Waals surface area contributed by atoms with Gasteiger partial charge < -0.3 is 0 Å². The quantitative estimate of drug-likeness (QED) is 0.120. The van der Waals surface area contributed by atoms with Crippen molar-refractivity contribution >= 4 is 74.8 Å². The standard InChI is InChI=1S/2C21H17.C7H8Si.2ClH.Zr/c2*1-2-15-13-17-9-6-12-20(21(17)14-15)19-11-5-8-16-7-3-4-10-18(16)19;1-8-7-5-3-2-4-6-7;;;/h2*3-14H,2H2,1H3;2-6H,1H3;2*1H;/q2*-1;;;;+4/p-2. The van der Waals surface area contributed by atoms with E-state index in [1.807, 2.05) is 6.07 Å². The molecule has 0 unspecified atom stereocenters. The van der Waals surface area contributed by atoms with Crippen molar-refractivity contribution in [1.29, 1.82) is 0 Å². The maximum atomic E-state index is 4.93. The zero-order valence-corrected chi connectivity index (χ0v) is 35.4. The van der Waals surface area contributed by atoms with E-state index < -0.39 is 20.8 Å². The number of rotatable bonds is 5. The van der Waals surface area contributed by atoms with Crippen LogP contribution in [0.4, 0.5) is 0 Å². The summed E-state index contributed by atoms with van der Waals surface area (Å²) in [5, 5.41) is 12.1. The Morgan fingerprint density at radius 3 is 1.21 bits per heavy atom. The van der Waals surface area contributed by atoms with Gasteiger partial charge in [0.2, 0.25) is 0 Å². The Bertz CT molecular complexity index is 2360. The van der Waals surface area contributed by atoms with E-state index in [4.69, 9.17) is 17.0 Å². The van der Waals surface area contributed by atoms with Gasteiger partial charge >= 0.3 is 37.9 Å². The predicted molar refractivity (Wildman–Crippen MR) is 233 cm³/mol. The van der Waals surface area contributed by atoms with Crippen molar-refractivity contribution in [2.24, 2.45) is 0 Å². The summed E-state index contributed by atoms with van der Waals surface area (Å²) in [6.07, 6.45) is 2.17. The molecule has 0 spiro atoms. The number of fused-ring (bicyclic) bond motifs is 4. The normalized spacial score (nSPS) is 10.5. The second kappa shape index (κ2) is 19.3. The zero-order valence-electron chi connectivity index (χ0n) is 30.4. The third-order valence-corrected chi connectivity index (χ3v) is 10.6. The Morgan fingerprint density at radius 1 is 0.453 bits per heavy atom. The molecule has 0 saturated carbocycles. The minimum atomic E-state index is -0.826. The van der Waals surface area contributed by atoms with Crippen LogP contribution in [-0.2, 0) is 33.7 Å². The Balaban J connectivity index is 0.000000142. The molecule has 4 heteroatoms. The Morgan fingerprint density at radius 2 is 0.811 bits per heavy atom. The van der Waals surface area contributed by atoms with Gasteiger partial charge in [-0.05, 0) is 45.5 Å². The van der Waals surface area contributed by atoms with Crippen molar-refractivity contribution in [2.75, 3.05) is 0 Å². The van der Waals surface area contributed by atoms with Crippen molar-refractivity contribution in [1.82, 2.24) is 0 Å². The molecule has 0 heterocycles. The number of halogens is 2. The first-order chi connectivity index (χ1) is 26.1. The number of aryl methyl sites for hydroxylation is 2. The van der Waals surface area contributed by atoms with Gasteiger partial charge in [0.1, 0.15) is 0 Å². The molecule has 2 radical (unpaired) electrons. The number of benzene rings is 7. The third-order valence-electron chi connectivity index (χ3n) is 9.66. The fourth-order valence-electron chi connectivity index (χ4n) is 7.00. The van der Waals surface area contributed by atoms with Crippen LogP contribution in [0.1, 0.15) is 25.0 Å². The summed E-state index contributed by atoms with van der Waals surface area (Å²) in [5.41, 5.74) is 8.15.